The number of thioether (sulfide) groups is 1. The molecule has 3 heteroatoms. The molecule has 0 aromatic heterocycles. The Morgan fingerprint density at radius 1 is 1.30 bits per heavy atom. The van der Waals surface area contributed by atoms with Gasteiger partial charge in [0.2, 0.25) is 0 Å². The van der Waals surface area contributed by atoms with Crippen LogP contribution in [0.2, 0.25) is 0 Å². The molecular weight excluding hydrogens is 149 g/mol. The lowest BCUT2D eigenvalue weighted by molar-refractivity contribution is 0.334. The predicted octanol–water partition coefficient (Wildman–Crippen LogP) is 2.03. The molecule has 1 N–H and O–H groups in total. The molecule has 0 spiro atoms. The molecule has 0 saturated carbocycles. The summed E-state index contributed by atoms with van der Waals surface area (Å²) in [5.74, 6) is 0. The van der Waals surface area contributed by atoms with E-state index in [-0.39, 0.29) is 5.37 Å². The molecule has 0 fully saturated rings. The Kier molecular flexibility index (Phi) is 5.09. The quantitative estimate of drug-likeness (QED) is 0.640. The number of halogens is 1. The van der Waals surface area contributed by atoms with E-state index < -0.39 is 6.17 Å². The lowest BCUT2D eigenvalue weighted by atomic mass is 10.4. The van der Waals surface area contributed by atoms with Crippen LogP contribution in [0, 0.1) is 0 Å². The van der Waals surface area contributed by atoms with Crippen LogP contribution >= 0.6 is 11.8 Å². The summed E-state index contributed by atoms with van der Waals surface area (Å²) in [6, 6.07) is 0. The van der Waals surface area contributed by atoms with Gasteiger partial charge < -0.3 is 5.32 Å². The van der Waals surface area contributed by atoms with E-state index in [0.29, 0.717) is 5.25 Å². The summed E-state index contributed by atoms with van der Waals surface area (Å²) >= 11 is 1.62. The van der Waals surface area contributed by atoms with Crippen molar-refractivity contribution in [1.82, 2.24) is 5.32 Å². The van der Waals surface area contributed by atoms with Crippen molar-refractivity contribution < 1.29 is 4.39 Å². The van der Waals surface area contributed by atoms with Gasteiger partial charge >= 0.3 is 0 Å². The van der Waals surface area contributed by atoms with E-state index in [1.807, 2.05) is 0 Å². The van der Waals surface area contributed by atoms with Crippen LogP contribution in [0.15, 0.2) is 0 Å². The third-order valence-electron chi connectivity index (χ3n) is 1.12. The van der Waals surface area contributed by atoms with E-state index in [2.05, 4.69) is 19.2 Å². The molecule has 2 atom stereocenters. The number of rotatable bonds is 4. The topological polar surface area (TPSA) is 12.0 Å². The third kappa shape index (κ3) is 4.12. The molecule has 0 aliphatic heterocycles. The lowest BCUT2D eigenvalue weighted by Crippen LogP contribution is -2.31. The first-order valence-electron chi connectivity index (χ1n) is 3.54. The van der Waals surface area contributed by atoms with Crippen molar-refractivity contribution in [1.29, 1.82) is 0 Å². The molecule has 0 rings (SSSR count). The largest absolute Gasteiger partial charge is 0.306 e. The Labute approximate surface area is 66.8 Å². The van der Waals surface area contributed by atoms with Gasteiger partial charge in [-0.3, -0.25) is 0 Å². The van der Waals surface area contributed by atoms with Gasteiger partial charge in [0.1, 0.15) is 6.17 Å². The number of hydrogen-bond donors (Lipinski definition) is 1. The van der Waals surface area contributed by atoms with Crippen LogP contribution in [-0.2, 0) is 0 Å². The van der Waals surface area contributed by atoms with Crippen molar-refractivity contribution >= 4 is 11.8 Å². The van der Waals surface area contributed by atoms with Crippen LogP contribution in [0.1, 0.15) is 20.8 Å². The Balaban J connectivity index is 3.60. The molecule has 1 nitrogen and oxygen atoms in total. The summed E-state index contributed by atoms with van der Waals surface area (Å²) in [5.41, 5.74) is 0. The van der Waals surface area contributed by atoms with E-state index >= 15 is 0 Å². The van der Waals surface area contributed by atoms with Gasteiger partial charge in [-0.1, -0.05) is 13.8 Å². The molecule has 62 valence electrons. The van der Waals surface area contributed by atoms with Crippen molar-refractivity contribution in [2.45, 2.75) is 37.6 Å². The van der Waals surface area contributed by atoms with Gasteiger partial charge in [-0.2, -0.15) is 0 Å². The second-order valence-electron chi connectivity index (χ2n) is 2.57. The Bertz CT molecular complexity index is 85.7. The lowest BCUT2D eigenvalue weighted by Gasteiger charge is -2.18. The Morgan fingerprint density at radius 3 is 1.90 bits per heavy atom. The van der Waals surface area contributed by atoms with Gasteiger partial charge in [0, 0.05) is 5.25 Å². The maximum atomic E-state index is 12.6. The summed E-state index contributed by atoms with van der Waals surface area (Å²) < 4.78 is 12.6. The molecule has 0 aromatic carbocycles. The molecule has 2 unspecified atom stereocenters. The molecular formula is C7H16FNS. The fourth-order valence-electron chi connectivity index (χ4n) is 0.699. The molecule has 0 bridgehead atoms. The van der Waals surface area contributed by atoms with Gasteiger partial charge in [-0.15, -0.1) is 11.8 Å². The molecule has 0 heterocycles. The van der Waals surface area contributed by atoms with Crippen molar-refractivity contribution in [2.24, 2.45) is 0 Å². The van der Waals surface area contributed by atoms with Gasteiger partial charge in [-0.25, -0.2) is 4.39 Å². The number of nitrogens with one attached hydrogen (secondary N) is 1. The first-order valence-corrected chi connectivity index (χ1v) is 4.49. The normalized spacial score (nSPS) is 17.4. The van der Waals surface area contributed by atoms with Crippen LogP contribution in [0.25, 0.3) is 0 Å². The minimum Gasteiger partial charge on any atom is -0.306 e. The van der Waals surface area contributed by atoms with E-state index in [1.165, 1.54) is 0 Å². The van der Waals surface area contributed by atoms with Crippen LogP contribution in [0.3, 0.4) is 0 Å². The summed E-state index contributed by atoms with van der Waals surface area (Å²) in [6.07, 6.45) is -0.780. The van der Waals surface area contributed by atoms with Gasteiger partial charge in [0.05, 0.1) is 5.37 Å². The number of hydrogen-bond acceptors (Lipinski definition) is 2. The minimum absolute atomic E-state index is 0.0556. The van der Waals surface area contributed by atoms with E-state index in [1.54, 1.807) is 25.7 Å². The van der Waals surface area contributed by atoms with E-state index in [4.69, 9.17) is 0 Å². The summed E-state index contributed by atoms with van der Waals surface area (Å²) in [7, 11) is 1.79. The Hall–Kier alpha value is 0.240. The van der Waals surface area contributed by atoms with Crippen molar-refractivity contribution in [2.75, 3.05) is 7.05 Å². The zero-order valence-electron chi connectivity index (χ0n) is 7.02. The SMILES string of the molecule is CNC(SC(C)C)C(C)F. The molecule has 10 heavy (non-hydrogen) atoms. The summed E-state index contributed by atoms with van der Waals surface area (Å²) in [4.78, 5) is 0. The standard InChI is InChI=1S/C7H16FNS/c1-5(2)10-7(9-4)6(3)8/h5-7,9H,1-4H3. The van der Waals surface area contributed by atoms with E-state index in [0.717, 1.165) is 0 Å². The van der Waals surface area contributed by atoms with Crippen LogP contribution < -0.4 is 5.32 Å². The highest BCUT2D eigenvalue weighted by atomic mass is 32.2. The molecule has 0 aliphatic rings. The fourth-order valence-corrected chi connectivity index (χ4v) is 1.64. The van der Waals surface area contributed by atoms with Crippen molar-refractivity contribution in [3.63, 3.8) is 0 Å². The first kappa shape index (κ1) is 10.2. The average molecular weight is 165 g/mol. The van der Waals surface area contributed by atoms with Crippen LogP contribution in [0.4, 0.5) is 4.39 Å². The smallest absolute Gasteiger partial charge is 0.122 e. The molecule has 0 radical (unpaired) electrons. The highest BCUT2D eigenvalue weighted by Crippen LogP contribution is 2.18. The summed E-state index contributed by atoms with van der Waals surface area (Å²) in [5, 5.41) is 3.35. The van der Waals surface area contributed by atoms with Gasteiger partial charge in [0.15, 0.2) is 0 Å². The highest BCUT2D eigenvalue weighted by Gasteiger charge is 2.15. The van der Waals surface area contributed by atoms with Crippen molar-refractivity contribution in [3.05, 3.63) is 0 Å². The highest BCUT2D eigenvalue weighted by molar-refractivity contribution is 8.00. The zero-order valence-corrected chi connectivity index (χ0v) is 7.83. The Morgan fingerprint density at radius 2 is 1.80 bits per heavy atom. The maximum Gasteiger partial charge on any atom is 0.122 e. The second kappa shape index (κ2) is 4.97. The van der Waals surface area contributed by atoms with Gasteiger partial charge in [0.25, 0.3) is 0 Å². The monoisotopic (exact) mass is 165 g/mol. The van der Waals surface area contributed by atoms with Crippen molar-refractivity contribution in [3.8, 4) is 0 Å². The molecule has 0 amide bonds. The predicted molar refractivity (Wildman–Crippen MR) is 46.1 cm³/mol. The average Bonchev–Trinajstić information content (AvgIpc) is 1.81. The van der Waals surface area contributed by atoms with Crippen LogP contribution in [0.5, 0.6) is 0 Å². The van der Waals surface area contributed by atoms with Crippen LogP contribution in [-0.4, -0.2) is 23.8 Å². The molecule has 0 saturated heterocycles. The maximum absolute atomic E-state index is 12.6. The van der Waals surface area contributed by atoms with Gasteiger partial charge in [-0.05, 0) is 14.0 Å². The second-order valence-corrected chi connectivity index (χ2v) is 4.29. The number of alkyl halides is 1. The summed E-state index contributed by atoms with van der Waals surface area (Å²) in [6.45, 7) is 5.71. The fraction of sp³-hybridized carbons (Fsp3) is 1.00. The zero-order chi connectivity index (χ0) is 8.15. The molecule has 0 aliphatic carbocycles. The minimum atomic E-state index is -0.780. The third-order valence-corrected chi connectivity index (χ3v) is 2.57. The molecule has 0 aromatic rings. The van der Waals surface area contributed by atoms with E-state index in [9.17, 15) is 4.39 Å². The first-order chi connectivity index (χ1) is 4.57.